The third kappa shape index (κ3) is 1.86. The van der Waals surface area contributed by atoms with Gasteiger partial charge in [-0.25, -0.2) is 9.78 Å². The first kappa shape index (κ1) is 9.73. The van der Waals surface area contributed by atoms with Crippen LogP contribution in [0, 0.1) is 6.92 Å². The molecular formula is C7H8ClN2O3+. The summed E-state index contributed by atoms with van der Waals surface area (Å²) in [6.45, 7) is 1.55. The first-order chi connectivity index (χ1) is 6.06. The van der Waals surface area contributed by atoms with Crippen molar-refractivity contribution in [3.63, 3.8) is 0 Å². The van der Waals surface area contributed by atoms with E-state index in [2.05, 4.69) is 9.72 Å². The van der Waals surface area contributed by atoms with E-state index in [1.165, 1.54) is 7.11 Å². The van der Waals surface area contributed by atoms with E-state index in [0.717, 1.165) is 6.20 Å². The molecule has 0 atom stereocenters. The number of esters is 1. The minimum absolute atomic E-state index is 0.0353. The number of halogens is 1. The summed E-state index contributed by atoms with van der Waals surface area (Å²) in [6.07, 6.45) is 1.11. The first-order valence-electron chi connectivity index (χ1n) is 3.42. The Morgan fingerprint density at radius 1 is 1.77 bits per heavy atom. The van der Waals surface area contributed by atoms with Crippen LogP contribution in [-0.4, -0.2) is 23.3 Å². The van der Waals surface area contributed by atoms with Crippen molar-refractivity contribution in [2.75, 3.05) is 7.11 Å². The lowest BCUT2D eigenvalue weighted by atomic mass is 10.3. The highest BCUT2D eigenvalue weighted by Crippen LogP contribution is 2.05. The number of carbonyl (C=O) groups excluding carboxylic acids is 1. The van der Waals surface area contributed by atoms with Gasteiger partial charge in [0.2, 0.25) is 0 Å². The molecule has 0 bridgehead atoms. The van der Waals surface area contributed by atoms with Gasteiger partial charge >= 0.3 is 11.7 Å². The fourth-order valence-electron chi connectivity index (χ4n) is 0.911. The summed E-state index contributed by atoms with van der Waals surface area (Å²) in [5, 5.41) is 9.37. The molecule has 0 aliphatic carbocycles. The molecule has 70 valence electrons. The zero-order valence-corrected chi connectivity index (χ0v) is 7.87. The number of ether oxygens (including phenoxy) is 1. The summed E-state index contributed by atoms with van der Waals surface area (Å²) in [5.74, 6) is -0.663. The molecular weight excluding hydrogens is 196 g/mol. The van der Waals surface area contributed by atoms with Crippen molar-refractivity contribution >= 4 is 17.6 Å². The van der Waals surface area contributed by atoms with E-state index >= 15 is 0 Å². The molecule has 0 spiro atoms. The first-order valence-corrected chi connectivity index (χ1v) is 3.80. The summed E-state index contributed by atoms with van der Waals surface area (Å²) < 4.78 is 5.03. The Labute approximate surface area is 79.5 Å². The van der Waals surface area contributed by atoms with E-state index in [1.807, 2.05) is 0 Å². The average molecular weight is 204 g/mol. The Bertz CT molecular complexity index is 331. The number of nitrogens with zero attached hydrogens (tertiary/aromatic N) is 2. The topological polar surface area (TPSA) is 63.3 Å². The third-order valence-corrected chi connectivity index (χ3v) is 1.64. The molecule has 0 aromatic carbocycles. The summed E-state index contributed by atoms with van der Waals surface area (Å²) in [7, 11) is 1.22. The van der Waals surface area contributed by atoms with Gasteiger partial charge in [-0.3, -0.25) is 5.21 Å². The van der Waals surface area contributed by atoms with Gasteiger partial charge in [0.1, 0.15) is 5.69 Å². The van der Waals surface area contributed by atoms with Gasteiger partial charge in [-0.2, -0.15) is 0 Å². The number of hydrogen-bond donors (Lipinski definition) is 1. The predicted molar refractivity (Wildman–Crippen MR) is 42.7 cm³/mol. The Morgan fingerprint density at radius 2 is 2.38 bits per heavy atom. The molecule has 0 amide bonds. The van der Waals surface area contributed by atoms with Crippen LogP contribution in [0.25, 0.3) is 0 Å². The van der Waals surface area contributed by atoms with E-state index in [-0.39, 0.29) is 10.8 Å². The number of hydrogen-bond acceptors (Lipinski definition) is 4. The molecule has 0 saturated carbocycles. The number of aromatic nitrogens is 2. The van der Waals surface area contributed by atoms with Gasteiger partial charge in [0.25, 0.3) is 6.20 Å². The molecule has 1 N–H and O–H groups in total. The van der Waals surface area contributed by atoms with Crippen molar-refractivity contribution in [1.82, 2.24) is 4.98 Å². The molecule has 0 fully saturated rings. The van der Waals surface area contributed by atoms with Crippen molar-refractivity contribution < 1.29 is 19.5 Å². The van der Waals surface area contributed by atoms with Crippen LogP contribution in [0.15, 0.2) is 6.20 Å². The van der Waals surface area contributed by atoms with E-state index < -0.39 is 5.97 Å². The van der Waals surface area contributed by atoms with Gasteiger partial charge in [0.15, 0.2) is 5.15 Å². The summed E-state index contributed by atoms with van der Waals surface area (Å²) in [4.78, 5) is 14.9. The number of rotatable bonds is 1. The van der Waals surface area contributed by atoms with Gasteiger partial charge in [-0.1, -0.05) is 11.6 Å². The van der Waals surface area contributed by atoms with Crippen molar-refractivity contribution in [2.24, 2.45) is 0 Å². The molecule has 13 heavy (non-hydrogen) atoms. The molecule has 0 radical (unpaired) electrons. The monoisotopic (exact) mass is 203 g/mol. The van der Waals surface area contributed by atoms with Crippen LogP contribution in [0.5, 0.6) is 0 Å². The lowest BCUT2D eigenvalue weighted by Crippen LogP contribution is -2.39. The van der Waals surface area contributed by atoms with Crippen LogP contribution in [0.1, 0.15) is 16.2 Å². The number of aryl methyl sites for hydroxylation is 1. The van der Waals surface area contributed by atoms with E-state index in [1.54, 1.807) is 6.92 Å². The van der Waals surface area contributed by atoms with Crippen molar-refractivity contribution in [2.45, 2.75) is 6.92 Å². The minimum Gasteiger partial charge on any atom is -0.461 e. The summed E-state index contributed by atoms with van der Waals surface area (Å²) in [5.41, 5.74) is 0.272. The zero-order valence-electron chi connectivity index (χ0n) is 7.11. The molecule has 1 aromatic heterocycles. The minimum atomic E-state index is -0.663. The van der Waals surface area contributed by atoms with Crippen LogP contribution >= 0.6 is 11.6 Å². The fraction of sp³-hybridized carbons (Fsp3) is 0.286. The highest BCUT2D eigenvalue weighted by atomic mass is 35.5. The second kappa shape index (κ2) is 3.57. The van der Waals surface area contributed by atoms with Gasteiger partial charge in [0, 0.05) is 4.73 Å². The average Bonchev–Trinajstić information content (AvgIpc) is 2.02. The van der Waals surface area contributed by atoms with Crippen molar-refractivity contribution in [1.29, 1.82) is 0 Å². The summed E-state index contributed by atoms with van der Waals surface area (Å²) in [6, 6.07) is 0. The molecule has 1 heterocycles. The predicted octanol–water partition coefficient (Wildman–Crippen LogP) is 0.355. The number of carbonyl (C=O) groups is 1. The molecule has 0 unspecified atom stereocenters. The van der Waals surface area contributed by atoms with Crippen LogP contribution in [0.4, 0.5) is 0 Å². The number of methoxy groups -OCH3 is 1. The lowest BCUT2D eigenvalue weighted by molar-refractivity contribution is -0.906. The highest BCUT2D eigenvalue weighted by Gasteiger charge is 2.25. The standard InChI is InChI=1S/C7H8ClN2O3/c1-4-6(7(11)13-2)10(12)3-5(8)9-4/h3H,1-2H3,(H,9,12)/q+1. The van der Waals surface area contributed by atoms with Gasteiger partial charge in [0.05, 0.1) is 7.11 Å². The van der Waals surface area contributed by atoms with E-state index in [4.69, 9.17) is 11.6 Å². The molecule has 5 nitrogen and oxygen atoms in total. The normalized spacial score (nSPS) is 9.77. The molecule has 0 aliphatic heterocycles. The molecule has 6 heteroatoms. The van der Waals surface area contributed by atoms with Crippen molar-refractivity contribution in [3.05, 3.63) is 22.7 Å². The maximum absolute atomic E-state index is 11.1. The third-order valence-electron chi connectivity index (χ3n) is 1.45. The quantitative estimate of drug-likeness (QED) is 0.407. The van der Waals surface area contributed by atoms with Crippen molar-refractivity contribution in [3.8, 4) is 0 Å². The fourth-order valence-corrected chi connectivity index (χ4v) is 1.13. The van der Waals surface area contributed by atoms with Crippen LogP contribution in [0.2, 0.25) is 5.15 Å². The second-order valence-electron chi connectivity index (χ2n) is 2.33. The molecule has 1 rings (SSSR count). The Morgan fingerprint density at radius 3 is 2.85 bits per heavy atom. The Kier molecular flexibility index (Phi) is 2.67. The Balaban J connectivity index is 3.28. The summed E-state index contributed by atoms with van der Waals surface area (Å²) >= 11 is 5.53. The van der Waals surface area contributed by atoms with Crippen LogP contribution < -0.4 is 4.73 Å². The molecule has 0 aliphatic rings. The van der Waals surface area contributed by atoms with E-state index in [9.17, 15) is 10.0 Å². The molecule has 0 saturated heterocycles. The maximum atomic E-state index is 11.1. The van der Waals surface area contributed by atoms with Gasteiger partial charge in [-0.15, -0.1) is 0 Å². The zero-order chi connectivity index (χ0) is 10.0. The van der Waals surface area contributed by atoms with Crippen LogP contribution in [-0.2, 0) is 4.74 Å². The second-order valence-corrected chi connectivity index (χ2v) is 2.72. The van der Waals surface area contributed by atoms with Gasteiger partial charge < -0.3 is 4.74 Å². The SMILES string of the molecule is COC(=O)c1c(C)nc(Cl)c[n+]1O. The largest absolute Gasteiger partial charge is 0.461 e. The van der Waals surface area contributed by atoms with Gasteiger partial charge in [-0.05, 0) is 6.92 Å². The van der Waals surface area contributed by atoms with E-state index in [0.29, 0.717) is 10.4 Å². The highest BCUT2D eigenvalue weighted by molar-refractivity contribution is 6.29. The Hall–Kier alpha value is -1.36. The smallest absolute Gasteiger partial charge is 0.410 e. The van der Waals surface area contributed by atoms with Crippen LogP contribution in [0.3, 0.4) is 0 Å². The molecule has 1 aromatic rings. The maximum Gasteiger partial charge on any atom is 0.410 e. The lowest BCUT2D eigenvalue weighted by Gasteiger charge is -1.97.